The molecule has 2 amide bonds. The molecule has 1 fully saturated rings. The number of rotatable bonds is 7. The second-order valence-corrected chi connectivity index (χ2v) is 10.6. The van der Waals surface area contributed by atoms with Crippen molar-refractivity contribution in [1.82, 2.24) is 10.2 Å². The second kappa shape index (κ2) is 10.4. The first-order valence-electron chi connectivity index (χ1n) is 12.7. The van der Waals surface area contributed by atoms with Crippen molar-refractivity contribution >= 4 is 23.6 Å². The Hall–Kier alpha value is -3.25. The van der Waals surface area contributed by atoms with Crippen molar-refractivity contribution in [2.24, 2.45) is 0 Å². The number of nitrogens with one attached hydrogen (secondary N) is 1. The molecule has 36 heavy (non-hydrogen) atoms. The Balaban J connectivity index is 1.31. The van der Waals surface area contributed by atoms with Crippen LogP contribution in [0.3, 0.4) is 0 Å². The summed E-state index contributed by atoms with van der Waals surface area (Å²) in [5.41, 5.74) is 3.51. The summed E-state index contributed by atoms with van der Waals surface area (Å²) in [6.45, 7) is 4.86. The number of ether oxygens (including phenoxy) is 1. The van der Waals surface area contributed by atoms with Gasteiger partial charge in [0.1, 0.15) is 16.7 Å². The molecule has 2 aliphatic rings. The van der Waals surface area contributed by atoms with Gasteiger partial charge in [0.2, 0.25) is 5.91 Å². The number of thioether (sulfide) groups is 1. The minimum atomic E-state index is -0.273. The lowest BCUT2D eigenvalue weighted by Crippen LogP contribution is -2.44. The largest absolute Gasteiger partial charge is 0.487 e. The number of amides is 2. The van der Waals surface area contributed by atoms with Crippen LogP contribution in [0.2, 0.25) is 0 Å². The van der Waals surface area contributed by atoms with E-state index < -0.39 is 0 Å². The minimum absolute atomic E-state index is 0.0492. The molecule has 3 aromatic rings. The van der Waals surface area contributed by atoms with Crippen LogP contribution in [0.15, 0.2) is 78.9 Å². The lowest BCUT2D eigenvalue weighted by molar-refractivity contribution is -0.128. The Morgan fingerprint density at radius 2 is 1.69 bits per heavy atom. The van der Waals surface area contributed by atoms with Gasteiger partial charge in [0.05, 0.1) is 11.8 Å². The van der Waals surface area contributed by atoms with E-state index in [0.29, 0.717) is 17.9 Å². The molecule has 2 heterocycles. The van der Waals surface area contributed by atoms with Gasteiger partial charge in [0.15, 0.2) is 0 Å². The zero-order valence-electron chi connectivity index (χ0n) is 20.8. The molecule has 1 saturated heterocycles. The molecule has 0 saturated carbocycles. The van der Waals surface area contributed by atoms with Gasteiger partial charge in [-0.3, -0.25) is 9.59 Å². The van der Waals surface area contributed by atoms with Gasteiger partial charge in [0.25, 0.3) is 5.91 Å². The van der Waals surface area contributed by atoms with E-state index in [1.807, 2.05) is 83.8 Å². The second-order valence-electron chi connectivity index (χ2n) is 9.55. The first-order valence-corrected chi connectivity index (χ1v) is 13.7. The molecule has 5 nitrogen and oxygen atoms in total. The monoisotopic (exact) mass is 500 g/mol. The lowest BCUT2D eigenvalue weighted by Gasteiger charge is -2.41. The molecule has 186 valence electrons. The molecule has 0 aromatic heterocycles. The number of hydrogen-bond acceptors (Lipinski definition) is 4. The molecular formula is C30H32N2O3S. The molecule has 0 aliphatic carbocycles. The minimum Gasteiger partial charge on any atom is -0.487 e. The first kappa shape index (κ1) is 24.4. The normalized spacial score (nSPS) is 20.5. The summed E-state index contributed by atoms with van der Waals surface area (Å²) < 4.78 is 6.38. The molecule has 0 bridgehead atoms. The highest BCUT2D eigenvalue weighted by Gasteiger charge is 2.39. The highest BCUT2D eigenvalue weighted by atomic mass is 32.2. The fourth-order valence-electron chi connectivity index (χ4n) is 5.15. The van der Waals surface area contributed by atoms with E-state index in [1.165, 1.54) is 0 Å². The van der Waals surface area contributed by atoms with Crippen LogP contribution in [0.4, 0.5) is 0 Å². The number of para-hydroxylation sites is 1. The zero-order chi connectivity index (χ0) is 25.1. The Kier molecular flexibility index (Phi) is 7.06. The number of hydrogen-bond donors (Lipinski definition) is 1. The highest BCUT2D eigenvalue weighted by Crippen LogP contribution is 2.43. The fourth-order valence-corrected chi connectivity index (χ4v) is 6.34. The number of carbonyl (C=O) groups excluding carboxylic acids is 2. The maximum Gasteiger partial charge on any atom is 0.251 e. The molecule has 0 radical (unpaired) electrons. The summed E-state index contributed by atoms with van der Waals surface area (Å²) in [5.74, 6) is 1.37. The summed E-state index contributed by atoms with van der Waals surface area (Å²) in [6, 6.07) is 25.6. The van der Waals surface area contributed by atoms with Gasteiger partial charge in [0, 0.05) is 24.1 Å². The Bertz CT molecular complexity index is 1220. The third-order valence-corrected chi connectivity index (χ3v) is 8.67. The van der Waals surface area contributed by atoms with Gasteiger partial charge in [-0.2, -0.15) is 0 Å². The van der Waals surface area contributed by atoms with Gasteiger partial charge in [-0.15, -0.1) is 11.8 Å². The molecule has 6 heteroatoms. The molecular weight excluding hydrogens is 468 g/mol. The molecule has 2 aliphatic heterocycles. The van der Waals surface area contributed by atoms with Crippen molar-refractivity contribution in [2.75, 3.05) is 5.75 Å². The lowest BCUT2D eigenvalue weighted by atomic mass is 9.83. The molecule has 1 N–H and O–H groups in total. The van der Waals surface area contributed by atoms with Gasteiger partial charge < -0.3 is 15.0 Å². The Morgan fingerprint density at radius 1 is 1.00 bits per heavy atom. The van der Waals surface area contributed by atoms with Crippen LogP contribution in [-0.4, -0.2) is 28.1 Å². The molecule has 2 atom stereocenters. The van der Waals surface area contributed by atoms with Gasteiger partial charge in [-0.1, -0.05) is 74.5 Å². The third kappa shape index (κ3) is 4.87. The maximum atomic E-state index is 13.3. The average molecular weight is 501 g/mol. The van der Waals surface area contributed by atoms with Crippen LogP contribution in [-0.2, 0) is 11.3 Å². The van der Waals surface area contributed by atoms with E-state index in [1.54, 1.807) is 11.8 Å². The molecule has 0 unspecified atom stereocenters. The van der Waals surface area contributed by atoms with Crippen molar-refractivity contribution in [3.05, 3.63) is 101 Å². The number of benzene rings is 3. The smallest absolute Gasteiger partial charge is 0.251 e. The van der Waals surface area contributed by atoms with Crippen LogP contribution in [0.25, 0.3) is 0 Å². The summed E-state index contributed by atoms with van der Waals surface area (Å²) in [6.07, 6.45) is 2.52. The van der Waals surface area contributed by atoms with Crippen LogP contribution in [0.5, 0.6) is 5.75 Å². The SMILES string of the molecule is CCC1(CC)C[C@@H](NC(=O)c2ccc([C@@H]3SCC(=O)N3Cc3ccccc3)cc2)c2ccccc2O1. The topological polar surface area (TPSA) is 58.6 Å². The van der Waals surface area contributed by atoms with Gasteiger partial charge in [-0.25, -0.2) is 0 Å². The van der Waals surface area contributed by atoms with Gasteiger partial charge >= 0.3 is 0 Å². The van der Waals surface area contributed by atoms with E-state index in [-0.39, 0.29) is 28.8 Å². The van der Waals surface area contributed by atoms with Crippen LogP contribution >= 0.6 is 11.8 Å². The van der Waals surface area contributed by atoms with E-state index in [4.69, 9.17) is 4.74 Å². The van der Waals surface area contributed by atoms with Crippen molar-refractivity contribution in [3.8, 4) is 5.75 Å². The quantitative estimate of drug-likeness (QED) is 0.415. The standard InChI is InChI=1S/C30H32N2O3S/c1-3-30(4-2)18-25(24-12-8-9-13-26(24)35-30)31-28(34)22-14-16-23(17-15-22)29-32(27(33)20-36-29)19-21-10-6-5-7-11-21/h5-17,25,29H,3-4,18-20H2,1-2H3,(H,31,34)/t25-,29+/m1/s1. The summed E-state index contributed by atoms with van der Waals surface area (Å²) in [5, 5.41) is 3.21. The summed E-state index contributed by atoms with van der Waals surface area (Å²) in [7, 11) is 0. The van der Waals surface area contributed by atoms with Crippen molar-refractivity contribution in [1.29, 1.82) is 0 Å². The predicted octanol–water partition coefficient (Wildman–Crippen LogP) is 6.27. The number of nitrogens with zero attached hydrogens (tertiary/aromatic N) is 1. The summed E-state index contributed by atoms with van der Waals surface area (Å²) in [4.78, 5) is 27.8. The molecule has 0 spiro atoms. The number of fused-ring (bicyclic) bond motifs is 1. The molecule has 5 rings (SSSR count). The van der Waals surface area contributed by atoms with E-state index in [9.17, 15) is 9.59 Å². The van der Waals surface area contributed by atoms with Crippen molar-refractivity contribution in [3.63, 3.8) is 0 Å². The maximum absolute atomic E-state index is 13.3. The fraction of sp³-hybridized carbons (Fsp3) is 0.333. The van der Waals surface area contributed by atoms with Crippen LogP contribution in [0, 0.1) is 0 Å². The number of carbonyl (C=O) groups is 2. The van der Waals surface area contributed by atoms with E-state index in [0.717, 1.165) is 41.7 Å². The Labute approximate surface area is 217 Å². The van der Waals surface area contributed by atoms with Crippen molar-refractivity contribution < 1.29 is 14.3 Å². The van der Waals surface area contributed by atoms with Crippen LogP contribution < -0.4 is 10.1 Å². The predicted molar refractivity (Wildman–Crippen MR) is 144 cm³/mol. The Morgan fingerprint density at radius 3 is 2.42 bits per heavy atom. The average Bonchev–Trinajstić information content (AvgIpc) is 3.28. The van der Waals surface area contributed by atoms with Crippen molar-refractivity contribution in [2.45, 2.75) is 56.7 Å². The van der Waals surface area contributed by atoms with Crippen LogP contribution in [0.1, 0.15) is 71.6 Å². The third-order valence-electron chi connectivity index (χ3n) is 7.41. The summed E-state index contributed by atoms with van der Waals surface area (Å²) >= 11 is 1.63. The van der Waals surface area contributed by atoms with E-state index >= 15 is 0 Å². The van der Waals surface area contributed by atoms with Gasteiger partial charge in [-0.05, 0) is 42.2 Å². The highest BCUT2D eigenvalue weighted by molar-refractivity contribution is 8.00. The van der Waals surface area contributed by atoms with E-state index in [2.05, 4.69) is 19.2 Å². The molecule has 3 aromatic carbocycles. The first-order chi connectivity index (χ1) is 17.5. The zero-order valence-corrected chi connectivity index (χ0v) is 21.6.